The summed E-state index contributed by atoms with van der Waals surface area (Å²) >= 11 is 1.86. The van der Waals surface area contributed by atoms with Gasteiger partial charge < -0.3 is 15.4 Å². The first kappa shape index (κ1) is 20.1. The Morgan fingerprint density at radius 1 is 1.24 bits per heavy atom. The third kappa shape index (κ3) is 8.61. The van der Waals surface area contributed by atoms with E-state index in [0.717, 1.165) is 64.2 Å². The van der Waals surface area contributed by atoms with Crippen LogP contribution in [0.25, 0.3) is 0 Å². The molecule has 2 N–H and O–H groups in total. The number of guanidine groups is 1. The molecule has 0 radical (unpaired) electrons. The van der Waals surface area contributed by atoms with Crippen LogP contribution in [0.15, 0.2) is 40.2 Å². The number of nitrogens with zero attached hydrogens (tertiary/aromatic N) is 2. The molecule has 1 heterocycles. The van der Waals surface area contributed by atoms with E-state index in [2.05, 4.69) is 59.7 Å². The van der Waals surface area contributed by atoms with Crippen LogP contribution in [0.2, 0.25) is 0 Å². The molecule has 0 amide bonds. The number of aliphatic imine (C=N–C) groups is 1. The number of ether oxygens (including phenoxy) is 1. The van der Waals surface area contributed by atoms with Gasteiger partial charge in [0.2, 0.25) is 0 Å². The number of nitrogens with one attached hydrogen (secondary N) is 2. The van der Waals surface area contributed by atoms with Gasteiger partial charge in [-0.05, 0) is 25.0 Å². The summed E-state index contributed by atoms with van der Waals surface area (Å²) in [7, 11) is 0. The van der Waals surface area contributed by atoms with Crippen LogP contribution in [0, 0.1) is 5.92 Å². The number of hydrogen-bond acceptors (Lipinski definition) is 4. The first-order chi connectivity index (χ1) is 12.3. The van der Waals surface area contributed by atoms with E-state index in [0.29, 0.717) is 5.92 Å². The van der Waals surface area contributed by atoms with Crippen molar-refractivity contribution in [3.63, 3.8) is 0 Å². The van der Waals surface area contributed by atoms with Crippen molar-refractivity contribution in [1.82, 2.24) is 15.5 Å². The molecule has 0 bridgehead atoms. The fraction of sp³-hybridized carbons (Fsp3) is 0.632. The second-order valence-corrected chi connectivity index (χ2v) is 7.49. The van der Waals surface area contributed by atoms with Crippen molar-refractivity contribution in [3.05, 3.63) is 30.3 Å². The van der Waals surface area contributed by atoms with Crippen molar-refractivity contribution in [2.75, 3.05) is 58.2 Å². The molecule has 1 fully saturated rings. The summed E-state index contributed by atoms with van der Waals surface area (Å²) in [6, 6.07) is 10.5. The Bertz CT molecular complexity index is 491. The molecular formula is C19H32N4OS. The van der Waals surface area contributed by atoms with E-state index < -0.39 is 0 Å². The van der Waals surface area contributed by atoms with Crippen LogP contribution in [-0.4, -0.2) is 69.1 Å². The SMILES string of the molecule is CCNC(=NCC(C)CN1CCOCC1)NCCSc1ccccc1. The van der Waals surface area contributed by atoms with Crippen LogP contribution >= 0.6 is 11.8 Å². The monoisotopic (exact) mass is 364 g/mol. The lowest BCUT2D eigenvalue weighted by atomic mass is 10.1. The van der Waals surface area contributed by atoms with E-state index in [4.69, 9.17) is 9.73 Å². The molecule has 1 aliphatic heterocycles. The maximum absolute atomic E-state index is 5.41. The highest BCUT2D eigenvalue weighted by Gasteiger charge is 2.13. The zero-order chi connectivity index (χ0) is 17.7. The van der Waals surface area contributed by atoms with Gasteiger partial charge in [0.25, 0.3) is 0 Å². The highest BCUT2D eigenvalue weighted by molar-refractivity contribution is 7.99. The van der Waals surface area contributed by atoms with Crippen molar-refractivity contribution in [1.29, 1.82) is 0 Å². The van der Waals surface area contributed by atoms with E-state index in [-0.39, 0.29) is 0 Å². The van der Waals surface area contributed by atoms with Gasteiger partial charge in [0, 0.05) is 49.9 Å². The lowest BCUT2D eigenvalue weighted by Gasteiger charge is -2.28. The van der Waals surface area contributed by atoms with Gasteiger partial charge in [-0.2, -0.15) is 0 Å². The molecule has 6 heteroatoms. The standard InChI is InChI=1S/C19H32N4OS/c1-3-20-19(21-9-14-25-18-7-5-4-6-8-18)22-15-17(2)16-23-10-12-24-13-11-23/h4-8,17H,3,9-16H2,1-2H3,(H2,20,21,22). The lowest BCUT2D eigenvalue weighted by Crippen LogP contribution is -2.40. The molecule has 1 aromatic rings. The summed E-state index contributed by atoms with van der Waals surface area (Å²) in [5.74, 6) is 2.50. The van der Waals surface area contributed by atoms with Crippen LogP contribution in [0.4, 0.5) is 0 Å². The maximum atomic E-state index is 5.41. The summed E-state index contributed by atoms with van der Waals surface area (Å²) in [6.07, 6.45) is 0. The molecule has 1 atom stereocenters. The molecule has 0 spiro atoms. The van der Waals surface area contributed by atoms with Crippen LogP contribution < -0.4 is 10.6 Å². The Morgan fingerprint density at radius 3 is 2.72 bits per heavy atom. The topological polar surface area (TPSA) is 48.9 Å². The molecule has 25 heavy (non-hydrogen) atoms. The van der Waals surface area contributed by atoms with E-state index in [1.165, 1.54) is 4.90 Å². The van der Waals surface area contributed by atoms with Crippen LogP contribution in [-0.2, 0) is 4.74 Å². The van der Waals surface area contributed by atoms with Crippen molar-refractivity contribution < 1.29 is 4.74 Å². The molecular weight excluding hydrogens is 332 g/mol. The number of benzene rings is 1. The fourth-order valence-electron chi connectivity index (χ4n) is 2.73. The molecule has 1 unspecified atom stereocenters. The Morgan fingerprint density at radius 2 is 2.00 bits per heavy atom. The number of rotatable bonds is 9. The molecule has 1 aliphatic rings. The highest BCUT2D eigenvalue weighted by atomic mass is 32.2. The Balaban J connectivity index is 1.67. The minimum atomic E-state index is 0.548. The van der Waals surface area contributed by atoms with Crippen molar-refractivity contribution >= 4 is 17.7 Å². The number of hydrogen-bond donors (Lipinski definition) is 2. The van der Waals surface area contributed by atoms with E-state index >= 15 is 0 Å². The van der Waals surface area contributed by atoms with Gasteiger partial charge in [-0.25, -0.2) is 0 Å². The lowest BCUT2D eigenvalue weighted by molar-refractivity contribution is 0.0323. The van der Waals surface area contributed by atoms with E-state index in [9.17, 15) is 0 Å². The van der Waals surface area contributed by atoms with Crippen LogP contribution in [0.3, 0.4) is 0 Å². The first-order valence-corrected chi connectivity index (χ1v) is 10.3. The van der Waals surface area contributed by atoms with Crippen molar-refractivity contribution in [2.24, 2.45) is 10.9 Å². The van der Waals surface area contributed by atoms with Crippen LogP contribution in [0.1, 0.15) is 13.8 Å². The molecule has 0 aliphatic carbocycles. The van der Waals surface area contributed by atoms with Gasteiger partial charge in [-0.3, -0.25) is 9.89 Å². The van der Waals surface area contributed by atoms with E-state index in [1.807, 2.05) is 11.8 Å². The molecule has 1 saturated heterocycles. The average Bonchev–Trinajstić information content (AvgIpc) is 2.65. The number of morpholine rings is 1. The van der Waals surface area contributed by atoms with Crippen LogP contribution in [0.5, 0.6) is 0 Å². The summed E-state index contributed by atoms with van der Waals surface area (Å²) in [5.41, 5.74) is 0. The van der Waals surface area contributed by atoms with Gasteiger partial charge in [0.05, 0.1) is 13.2 Å². The van der Waals surface area contributed by atoms with Gasteiger partial charge in [0.1, 0.15) is 0 Å². The second kappa shape index (κ2) is 12.2. The summed E-state index contributed by atoms with van der Waals surface area (Å²) < 4.78 is 5.41. The molecule has 140 valence electrons. The zero-order valence-corrected chi connectivity index (χ0v) is 16.4. The average molecular weight is 365 g/mol. The molecule has 5 nitrogen and oxygen atoms in total. The van der Waals surface area contributed by atoms with Crippen molar-refractivity contribution in [2.45, 2.75) is 18.7 Å². The van der Waals surface area contributed by atoms with Gasteiger partial charge >= 0.3 is 0 Å². The fourth-order valence-corrected chi connectivity index (χ4v) is 3.52. The van der Waals surface area contributed by atoms with Crippen molar-refractivity contribution in [3.8, 4) is 0 Å². The predicted molar refractivity (Wildman–Crippen MR) is 108 cm³/mol. The minimum Gasteiger partial charge on any atom is -0.379 e. The normalized spacial score (nSPS) is 17.3. The maximum Gasteiger partial charge on any atom is 0.191 e. The Hall–Kier alpha value is -1.24. The smallest absolute Gasteiger partial charge is 0.191 e. The molecule has 0 saturated carbocycles. The zero-order valence-electron chi connectivity index (χ0n) is 15.5. The van der Waals surface area contributed by atoms with Gasteiger partial charge in [-0.15, -0.1) is 11.8 Å². The Kier molecular flexibility index (Phi) is 9.77. The Labute approximate surface area is 156 Å². The largest absolute Gasteiger partial charge is 0.379 e. The van der Waals surface area contributed by atoms with Gasteiger partial charge in [-0.1, -0.05) is 25.1 Å². The summed E-state index contributed by atoms with van der Waals surface area (Å²) in [5, 5.41) is 6.77. The summed E-state index contributed by atoms with van der Waals surface area (Å²) in [6.45, 7) is 11.9. The number of thioether (sulfide) groups is 1. The molecule has 2 rings (SSSR count). The van der Waals surface area contributed by atoms with E-state index in [1.54, 1.807) is 0 Å². The second-order valence-electron chi connectivity index (χ2n) is 6.33. The predicted octanol–water partition coefficient (Wildman–Crippen LogP) is 2.30. The third-order valence-electron chi connectivity index (χ3n) is 3.99. The quantitative estimate of drug-likeness (QED) is 0.305. The molecule has 1 aromatic carbocycles. The highest BCUT2D eigenvalue weighted by Crippen LogP contribution is 2.15. The third-order valence-corrected chi connectivity index (χ3v) is 5.00. The summed E-state index contributed by atoms with van der Waals surface area (Å²) in [4.78, 5) is 8.53. The minimum absolute atomic E-state index is 0.548. The molecule has 0 aromatic heterocycles. The first-order valence-electron chi connectivity index (χ1n) is 9.28. The van der Waals surface area contributed by atoms with Gasteiger partial charge in [0.15, 0.2) is 5.96 Å².